The second-order valence-electron chi connectivity index (χ2n) is 7.37. The second-order valence-corrected chi connectivity index (χ2v) is 8.82. The summed E-state index contributed by atoms with van der Waals surface area (Å²) in [6.07, 6.45) is -3.58. The molecule has 1 aromatic heterocycles. The minimum atomic E-state index is -4.60. The van der Waals surface area contributed by atoms with E-state index in [4.69, 9.17) is 18.5 Å². The summed E-state index contributed by atoms with van der Waals surface area (Å²) in [6.45, 7) is 3.92. The summed E-state index contributed by atoms with van der Waals surface area (Å²) in [7, 11) is -4.60. The molecule has 0 radical (unpaired) electrons. The van der Waals surface area contributed by atoms with Crippen molar-refractivity contribution in [3.63, 3.8) is 0 Å². The van der Waals surface area contributed by atoms with E-state index in [0.29, 0.717) is 4.57 Å². The van der Waals surface area contributed by atoms with Gasteiger partial charge in [-0.1, -0.05) is 6.92 Å². The van der Waals surface area contributed by atoms with E-state index in [1.54, 1.807) is 20.8 Å². The standard InChI is InChI=1S/C17H25F2N2O9P/c1-10(2)29-14(23)11(3)5-7-27-31(25,26)28-9-12-8-17(18,19)15(30-12)21-6-4-13(22)20-16(21)24/h4,6,10-12,15H,5,7-9H2,1-3H3,(H,25,26)(H,20,22,24)/t11?,12?,15-/m1/s1. The molecule has 2 rings (SSSR count). The molecule has 1 aromatic rings. The van der Waals surface area contributed by atoms with Crippen LogP contribution in [-0.4, -0.2) is 51.8 Å². The highest BCUT2D eigenvalue weighted by atomic mass is 31.2. The van der Waals surface area contributed by atoms with Crippen LogP contribution in [0.15, 0.2) is 21.9 Å². The van der Waals surface area contributed by atoms with E-state index in [-0.39, 0.29) is 19.1 Å². The average molecular weight is 470 g/mol. The lowest BCUT2D eigenvalue weighted by molar-refractivity contribution is -0.152. The van der Waals surface area contributed by atoms with Crippen LogP contribution in [0.25, 0.3) is 0 Å². The first-order valence-corrected chi connectivity index (χ1v) is 11.0. The number of esters is 1. The number of hydrogen-bond acceptors (Lipinski definition) is 8. The number of hydrogen-bond donors (Lipinski definition) is 2. The number of carbonyl (C=O) groups is 1. The van der Waals surface area contributed by atoms with E-state index in [1.165, 1.54) is 0 Å². The summed E-state index contributed by atoms with van der Waals surface area (Å²) >= 11 is 0. The molecule has 0 saturated carbocycles. The lowest BCUT2D eigenvalue weighted by Crippen LogP contribution is -2.37. The topological polar surface area (TPSA) is 146 Å². The predicted octanol–water partition coefficient (Wildman–Crippen LogP) is 1.57. The molecule has 1 saturated heterocycles. The lowest BCUT2D eigenvalue weighted by atomic mass is 10.1. The summed E-state index contributed by atoms with van der Waals surface area (Å²) in [5.41, 5.74) is -1.84. The summed E-state index contributed by atoms with van der Waals surface area (Å²) < 4.78 is 60.6. The molecule has 2 heterocycles. The molecular formula is C17H25F2N2O9P. The molecule has 0 spiro atoms. The molecule has 0 aliphatic carbocycles. The molecular weight excluding hydrogens is 445 g/mol. The van der Waals surface area contributed by atoms with Gasteiger partial charge in [0.05, 0.1) is 31.3 Å². The van der Waals surface area contributed by atoms with Gasteiger partial charge >= 0.3 is 19.5 Å². The van der Waals surface area contributed by atoms with Crippen LogP contribution < -0.4 is 11.2 Å². The number of ether oxygens (including phenoxy) is 2. The molecule has 3 unspecified atom stereocenters. The molecule has 14 heteroatoms. The number of aromatic nitrogens is 2. The Labute approximate surface area is 175 Å². The normalized spacial score (nSPS) is 23.5. The molecule has 1 aliphatic rings. The highest BCUT2D eigenvalue weighted by Gasteiger charge is 2.52. The molecule has 176 valence electrons. The third-order valence-corrected chi connectivity index (χ3v) is 5.25. The molecule has 0 aromatic carbocycles. The summed E-state index contributed by atoms with van der Waals surface area (Å²) in [5.74, 6) is -4.57. The van der Waals surface area contributed by atoms with Gasteiger partial charge in [-0.05, 0) is 20.3 Å². The number of carbonyl (C=O) groups excluding carboxylic acids is 1. The minimum Gasteiger partial charge on any atom is -0.463 e. The smallest absolute Gasteiger partial charge is 0.463 e. The van der Waals surface area contributed by atoms with Crippen molar-refractivity contribution in [3.05, 3.63) is 33.1 Å². The number of phosphoric ester groups is 1. The fourth-order valence-corrected chi connectivity index (χ4v) is 3.50. The Bertz CT molecular complexity index is 933. The van der Waals surface area contributed by atoms with Crippen LogP contribution in [0, 0.1) is 5.92 Å². The highest BCUT2D eigenvalue weighted by Crippen LogP contribution is 2.47. The first-order valence-electron chi connectivity index (χ1n) is 9.48. The Kier molecular flexibility index (Phi) is 8.28. The van der Waals surface area contributed by atoms with Crippen molar-refractivity contribution in [1.82, 2.24) is 9.55 Å². The van der Waals surface area contributed by atoms with E-state index >= 15 is 0 Å². The largest absolute Gasteiger partial charge is 0.472 e. The van der Waals surface area contributed by atoms with Gasteiger partial charge in [-0.15, -0.1) is 0 Å². The summed E-state index contributed by atoms with van der Waals surface area (Å²) in [4.78, 5) is 46.1. The van der Waals surface area contributed by atoms with Crippen molar-refractivity contribution < 1.29 is 41.6 Å². The van der Waals surface area contributed by atoms with Gasteiger partial charge in [0, 0.05) is 18.7 Å². The van der Waals surface area contributed by atoms with Crippen LogP contribution in [0.1, 0.15) is 39.8 Å². The van der Waals surface area contributed by atoms with Gasteiger partial charge in [-0.2, -0.15) is 0 Å². The number of phosphoric acid groups is 1. The first kappa shape index (κ1) is 25.3. The summed E-state index contributed by atoms with van der Waals surface area (Å²) in [5, 5.41) is 0. The monoisotopic (exact) mass is 470 g/mol. The van der Waals surface area contributed by atoms with Crippen LogP contribution in [0.4, 0.5) is 8.78 Å². The fraction of sp³-hybridized carbons (Fsp3) is 0.706. The Morgan fingerprint density at radius 2 is 2.06 bits per heavy atom. The third-order valence-electron chi connectivity index (χ3n) is 4.27. The van der Waals surface area contributed by atoms with Gasteiger partial charge in [0.1, 0.15) is 0 Å². The number of nitrogens with zero attached hydrogens (tertiary/aromatic N) is 1. The molecule has 0 bridgehead atoms. The van der Waals surface area contributed by atoms with Crippen molar-refractivity contribution >= 4 is 13.8 Å². The Morgan fingerprint density at radius 1 is 1.39 bits per heavy atom. The maximum atomic E-state index is 14.3. The number of H-pyrrole nitrogens is 1. The SMILES string of the molecule is CC(C)OC(=O)C(C)CCOP(=O)(O)OCC1CC(F)(F)[C@H](n2ccc(=O)[nH]c2=O)O1. The average Bonchev–Trinajstić information content (AvgIpc) is 2.94. The van der Waals surface area contributed by atoms with Gasteiger partial charge in [-0.3, -0.25) is 28.2 Å². The minimum absolute atomic E-state index is 0.0780. The van der Waals surface area contributed by atoms with Crippen LogP contribution in [-0.2, 0) is 27.9 Å². The lowest BCUT2D eigenvalue weighted by Gasteiger charge is -2.19. The molecule has 1 fully saturated rings. The van der Waals surface area contributed by atoms with Gasteiger partial charge < -0.3 is 14.4 Å². The molecule has 4 atom stereocenters. The van der Waals surface area contributed by atoms with Crippen LogP contribution in [0.5, 0.6) is 0 Å². The van der Waals surface area contributed by atoms with Crippen molar-refractivity contribution in [2.75, 3.05) is 13.2 Å². The molecule has 2 N–H and O–H groups in total. The van der Waals surface area contributed by atoms with E-state index in [9.17, 15) is 32.6 Å². The Morgan fingerprint density at radius 3 is 2.68 bits per heavy atom. The molecule has 1 aliphatic heterocycles. The maximum Gasteiger partial charge on any atom is 0.472 e. The zero-order chi connectivity index (χ0) is 23.4. The van der Waals surface area contributed by atoms with Gasteiger partial charge in [0.25, 0.3) is 11.5 Å². The maximum absolute atomic E-state index is 14.3. The predicted molar refractivity (Wildman–Crippen MR) is 102 cm³/mol. The number of nitrogens with one attached hydrogen (secondary N) is 1. The zero-order valence-electron chi connectivity index (χ0n) is 17.2. The highest BCUT2D eigenvalue weighted by molar-refractivity contribution is 7.47. The van der Waals surface area contributed by atoms with Crippen molar-refractivity contribution in [3.8, 4) is 0 Å². The van der Waals surface area contributed by atoms with Crippen molar-refractivity contribution in [2.45, 2.75) is 58.0 Å². The van der Waals surface area contributed by atoms with E-state index in [2.05, 4.69) is 0 Å². The number of aromatic amines is 1. The quantitative estimate of drug-likeness (QED) is 0.384. The van der Waals surface area contributed by atoms with E-state index < -0.39 is 62.2 Å². The summed E-state index contributed by atoms with van der Waals surface area (Å²) in [6, 6.07) is 0.887. The van der Waals surface area contributed by atoms with Crippen LogP contribution in [0.2, 0.25) is 0 Å². The van der Waals surface area contributed by atoms with E-state index in [0.717, 1.165) is 12.3 Å². The Balaban J connectivity index is 1.86. The number of rotatable bonds is 10. The van der Waals surface area contributed by atoms with Crippen LogP contribution in [0.3, 0.4) is 0 Å². The number of alkyl halides is 2. The number of halogens is 2. The van der Waals surface area contributed by atoms with E-state index in [1.807, 2.05) is 4.98 Å². The van der Waals surface area contributed by atoms with Crippen molar-refractivity contribution in [2.24, 2.45) is 5.92 Å². The molecule has 0 amide bonds. The van der Waals surface area contributed by atoms with Gasteiger partial charge in [0.2, 0.25) is 6.23 Å². The van der Waals surface area contributed by atoms with Crippen LogP contribution >= 0.6 is 7.82 Å². The van der Waals surface area contributed by atoms with Gasteiger partial charge in [0.15, 0.2) is 0 Å². The third kappa shape index (κ3) is 7.32. The first-order chi connectivity index (χ1) is 14.3. The Hall–Kier alpha value is -1.92. The second kappa shape index (κ2) is 10.1. The van der Waals surface area contributed by atoms with Gasteiger partial charge in [-0.25, -0.2) is 18.1 Å². The zero-order valence-corrected chi connectivity index (χ0v) is 18.1. The van der Waals surface area contributed by atoms with Crippen molar-refractivity contribution in [1.29, 1.82) is 0 Å². The fourth-order valence-electron chi connectivity index (χ4n) is 2.74. The molecule has 11 nitrogen and oxygen atoms in total. The molecule has 31 heavy (non-hydrogen) atoms.